The zero-order valence-corrected chi connectivity index (χ0v) is 9.13. The maximum Gasteiger partial charge on any atom is 0.0931 e. The standard InChI is InChI=1S/C10H14ClNS/c11-9-4-3-8(13-9)10(7-12)5-1-2-6-10/h3-4H,1-2,5-7,12H2. The van der Waals surface area contributed by atoms with Crippen molar-refractivity contribution in [3.63, 3.8) is 0 Å². The van der Waals surface area contributed by atoms with Gasteiger partial charge in [-0.05, 0) is 25.0 Å². The van der Waals surface area contributed by atoms with Gasteiger partial charge in [0.2, 0.25) is 0 Å². The maximum atomic E-state index is 5.94. The summed E-state index contributed by atoms with van der Waals surface area (Å²) in [4.78, 5) is 1.39. The molecule has 0 radical (unpaired) electrons. The Labute approximate surface area is 87.9 Å². The van der Waals surface area contributed by atoms with E-state index in [1.165, 1.54) is 30.6 Å². The summed E-state index contributed by atoms with van der Waals surface area (Å²) >= 11 is 7.63. The lowest BCUT2D eigenvalue weighted by molar-refractivity contribution is 0.462. The van der Waals surface area contributed by atoms with Gasteiger partial charge >= 0.3 is 0 Å². The number of hydrogen-bond acceptors (Lipinski definition) is 2. The van der Waals surface area contributed by atoms with Crippen LogP contribution in [0.25, 0.3) is 0 Å². The maximum absolute atomic E-state index is 5.94. The summed E-state index contributed by atoms with van der Waals surface area (Å²) in [5, 5.41) is 0. The van der Waals surface area contributed by atoms with Gasteiger partial charge in [0.05, 0.1) is 4.34 Å². The number of thiophene rings is 1. The molecule has 13 heavy (non-hydrogen) atoms. The van der Waals surface area contributed by atoms with Gasteiger partial charge in [0.1, 0.15) is 0 Å². The second-order valence-corrected chi connectivity index (χ2v) is 5.51. The lowest BCUT2D eigenvalue weighted by atomic mass is 9.85. The highest BCUT2D eigenvalue weighted by molar-refractivity contribution is 7.16. The fourth-order valence-corrected chi connectivity index (χ4v) is 3.50. The lowest BCUT2D eigenvalue weighted by Crippen LogP contribution is -2.30. The van der Waals surface area contributed by atoms with Gasteiger partial charge in [-0.15, -0.1) is 11.3 Å². The van der Waals surface area contributed by atoms with Gasteiger partial charge in [-0.1, -0.05) is 24.4 Å². The highest BCUT2D eigenvalue weighted by Gasteiger charge is 2.35. The molecule has 3 heteroatoms. The van der Waals surface area contributed by atoms with Gasteiger partial charge < -0.3 is 5.73 Å². The first kappa shape index (κ1) is 9.50. The molecule has 0 spiro atoms. The fourth-order valence-electron chi connectivity index (χ4n) is 2.20. The van der Waals surface area contributed by atoms with E-state index in [2.05, 4.69) is 6.07 Å². The molecule has 2 N–H and O–H groups in total. The van der Waals surface area contributed by atoms with Crippen molar-refractivity contribution in [1.29, 1.82) is 0 Å². The van der Waals surface area contributed by atoms with E-state index in [0.717, 1.165) is 10.9 Å². The van der Waals surface area contributed by atoms with Crippen LogP contribution in [0.1, 0.15) is 30.6 Å². The third-order valence-electron chi connectivity index (χ3n) is 3.05. The molecule has 1 saturated carbocycles. The highest BCUT2D eigenvalue weighted by atomic mass is 35.5. The van der Waals surface area contributed by atoms with Crippen molar-refractivity contribution in [3.05, 3.63) is 21.3 Å². The highest BCUT2D eigenvalue weighted by Crippen LogP contribution is 2.43. The molecule has 1 nitrogen and oxygen atoms in total. The number of hydrogen-bond donors (Lipinski definition) is 1. The Hall–Kier alpha value is -0.0500. The minimum absolute atomic E-state index is 0.262. The van der Waals surface area contributed by atoms with Crippen LogP contribution >= 0.6 is 22.9 Å². The smallest absolute Gasteiger partial charge is 0.0931 e. The second-order valence-electron chi connectivity index (χ2n) is 3.80. The van der Waals surface area contributed by atoms with Gasteiger partial charge in [0.15, 0.2) is 0 Å². The molecular formula is C10H14ClNS. The lowest BCUT2D eigenvalue weighted by Gasteiger charge is -2.25. The van der Waals surface area contributed by atoms with E-state index in [9.17, 15) is 0 Å². The molecule has 0 unspecified atom stereocenters. The first-order valence-electron chi connectivity index (χ1n) is 4.73. The first-order valence-corrected chi connectivity index (χ1v) is 5.92. The summed E-state index contributed by atoms with van der Waals surface area (Å²) in [5.41, 5.74) is 6.14. The molecule has 0 atom stereocenters. The topological polar surface area (TPSA) is 26.0 Å². The Morgan fingerprint density at radius 3 is 2.54 bits per heavy atom. The Morgan fingerprint density at radius 1 is 1.38 bits per heavy atom. The molecule has 1 aliphatic carbocycles. The van der Waals surface area contributed by atoms with Crippen LogP contribution in [0, 0.1) is 0 Å². The first-order chi connectivity index (χ1) is 6.27. The van der Waals surface area contributed by atoms with Crippen molar-refractivity contribution in [2.75, 3.05) is 6.54 Å². The monoisotopic (exact) mass is 215 g/mol. The van der Waals surface area contributed by atoms with Gasteiger partial charge in [-0.25, -0.2) is 0 Å². The minimum atomic E-state index is 0.262. The van der Waals surface area contributed by atoms with E-state index in [1.54, 1.807) is 11.3 Å². The average Bonchev–Trinajstić information content (AvgIpc) is 2.73. The van der Waals surface area contributed by atoms with Gasteiger partial charge in [-0.2, -0.15) is 0 Å². The summed E-state index contributed by atoms with van der Waals surface area (Å²) in [7, 11) is 0. The van der Waals surface area contributed by atoms with Crippen molar-refractivity contribution in [1.82, 2.24) is 0 Å². The Bertz CT molecular complexity index is 289. The van der Waals surface area contributed by atoms with E-state index < -0.39 is 0 Å². The molecule has 0 bridgehead atoms. The van der Waals surface area contributed by atoms with Crippen LogP contribution in [-0.4, -0.2) is 6.54 Å². The van der Waals surface area contributed by atoms with E-state index in [1.807, 2.05) is 6.07 Å². The van der Waals surface area contributed by atoms with Crippen molar-refractivity contribution < 1.29 is 0 Å². The van der Waals surface area contributed by atoms with Gasteiger partial charge in [0.25, 0.3) is 0 Å². The second kappa shape index (κ2) is 3.60. The van der Waals surface area contributed by atoms with Gasteiger partial charge in [0, 0.05) is 16.8 Å². The SMILES string of the molecule is NCC1(c2ccc(Cl)s2)CCCC1. The fraction of sp³-hybridized carbons (Fsp3) is 0.600. The zero-order chi connectivity index (χ0) is 9.31. The van der Waals surface area contributed by atoms with Crippen LogP contribution in [0.3, 0.4) is 0 Å². The van der Waals surface area contributed by atoms with Crippen molar-refractivity contribution in [3.8, 4) is 0 Å². The van der Waals surface area contributed by atoms with E-state index in [-0.39, 0.29) is 5.41 Å². The molecule has 1 heterocycles. The number of rotatable bonds is 2. The molecule has 0 saturated heterocycles. The van der Waals surface area contributed by atoms with Crippen LogP contribution < -0.4 is 5.73 Å². The molecule has 2 rings (SSSR count). The Morgan fingerprint density at radius 2 is 2.08 bits per heavy atom. The molecular weight excluding hydrogens is 202 g/mol. The Kier molecular flexibility index (Phi) is 2.63. The molecule has 0 aromatic carbocycles. The van der Waals surface area contributed by atoms with Crippen LogP contribution in [0.15, 0.2) is 12.1 Å². The number of halogens is 1. The van der Waals surface area contributed by atoms with E-state index >= 15 is 0 Å². The number of nitrogens with two attached hydrogens (primary N) is 1. The third kappa shape index (κ3) is 1.63. The molecule has 1 fully saturated rings. The minimum Gasteiger partial charge on any atom is -0.330 e. The molecule has 1 aromatic rings. The molecule has 0 amide bonds. The largest absolute Gasteiger partial charge is 0.330 e. The average molecular weight is 216 g/mol. The molecule has 1 aliphatic rings. The van der Waals surface area contributed by atoms with Crippen LogP contribution in [0.4, 0.5) is 0 Å². The van der Waals surface area contributed by atoms with Crippen LogP contribution in [0.5, 0.6) is 0 Å². The molecule has 1 aromatic heterocycles. The van der Waals surface area contributed by atoms with Crippen LogP contribution in [0.2, 0.25) is 4.34 Å². The van der Waals surface area contributed by atoms with E-state index in [4.69, 9.17) is 17.3 Å². The van der Waals surface area contributed by atoms with Crippen LogP contribution in [-0.2, 0) is 5.41 Å². The zero-order valence-electron chi connectivity index (χ0n) is 7.55. The summed E-state index contributed by atoms with van der Waals surface area (Å²) in [6, 6.07) is 4.13. The summed E-state index contributed by atoms with van der Waals surface area (Å²) in [5.74, 6) is 0. The van der Waals surface area contributed by atoms with Crippen molar-refractivity contribution >= 4 is 22.9 Å². The predicted octanol–water partition coefficient (Wildman–Crippen LogP) is 3.17. The normalized spacial score (nSPS) is 20.8. The summed E-state index contributed by atoms with van der Waals surface area (Å²) < 4.78 is 0.884. The van der Waals surface area contributed by atoms with Crippen molar-refractivity contribution in [2.45, 2.75) is 31.1 Å². The summed E-state index contributed by atoms with van der Waals surface area (Å²) in [6.45, 7) is 0.768. The van der Waals surface area contributed by atoms with E-state index in [0.29, 0.717) is 0 Å². The van der Waals surface area contributed by atoms with Crippen molar-refractivity contribution in [2.24, 2.45) is 5.73 Å². The quantitative estimate of drug-likeness (QED) is 0.806. The summed E-state index contributed by atoms with van der Waals surface area (Å²) in [6.07, 6.45) is 5.10. The third-order valence-corrected chi connectivity index (χ3v) is 4.52. The molecule has 0 aliphatic heterocycles. The predicted molar refractivity (Wildman–Crippen MR) is 58.5 cm³/mol. The molecule has 72 valence electrons. The van der Waals surface area contributed by atoms with Gasteiger partial charge in [-0.3, -0.25) is 0 Å². The Balaban J connectivity index is 2.30.